The molecule has 0 rings (SSSR count). The molecule has 2 N–H and O–H groups in total. The van der Waals surface area contributed by atoms with Crippen molar-refractivity contribution in [2.75, 3.05) is 13.2 Å². The average Bonchev–Trinajstić information content (AvgIpc) is 2.32. The van der Waals surface area contributed by atoms with Gasteiger partial charge in [-0.05, 0) is 55.4 Å². The SMILES string of the molecule is CC(O)COC(C)CC(C)(C)OC(C)C(C)(C)OCC(C)O. The molecule has 0 bridgehead atoms. The molecule has 0 aromatic rings. The first kappa shape index (κ1) is 21.8. The van der Waals surface area contributed by atoms with Gasteiger partial charge in [0.15, 0.2) is 0 Å². The minimum Gasteiger partial charge on any atom is -0.391 e. The Morgan fingerprint density at radius 3 is 1.82 bits per heavy atom. The summed E-state index contributed by atoms with van der Waals surface area (Å²) in [6.45, 7) is 16.0. The molecule has 0 aromatic heterocycles. The van der Waals surface area contributed by atoms with Gasteiger partial charge in [0.25, 0.3) is 0 Å². The van der Waals surface area contributed by atoms with Gasteiger partial charge >= 0.3 is 0 Å². The molecule has 5 nitrogen and oxygen atoms in total. The normalized spacial score (nSPS) is 18.8. The second-order valence-electron chi connectivity index (χ2n) is 7.48. The molecular formula is C17H36O5. The number of aliphatic hydroxyl groups is 2. The Labute approximate surface area is 136 Å². The molecule has 0 aromatic carbocycles. The largest absolute Gasteiger partial charge is 0.391 e. The highest BCUT2D eigenvalue weighted by Gasteiger charge is 2.34. The molecule has 0 amide bonds. The Kier molecular flexibility index (Phi) is 9.10. The van der Waals surface area contributed by atoms with Crippen LogP contribution in [0, 0.1) is 0 Å². The van der Waals surface area contributed by atoms with E-state index in [-0.39, 0.29) is 24.4 Å². The zero-order valence-electron chi connectivity index (χ0n) is 15.5. The van der Waals surface area contributed by atoms with Crippen LogP contribution in [-0.2, 0) is 14.2 Å². The molecule has 0 aliphatic rings. The summed E-state index contributed by atoms with van der Waals surface area (Å²) in [6.07, 6.45) is -0.369. The second-order valence-corrected chi connectivity index (χ2v) is 7.48. The fraction of sp³-hybridized carbons (Fsp3) is 1.00. The number of ether oxygens (including phenoxy) is 3. The van der Waals surface area contributed by atoms with E-state index in [9.17, 15) is 10.2 Å². The fourth-order valence-electron chi connectivity index (χ4n) is 2.18. The first-order valence-electron chi connectivity index (χ1n) is 8.15. The van der Waals surface area contributed by atoms with E-state index in [2.05, 4.69) is 0 Å². The van der Waals surface area contributed by atoms with E-state index >= 15 is 0 Å². The van der Waals surface area contributed by atoms with Crippen LogP contribution in [0.2, 0.25) is 0 Å². The maximum absolute atomic E-state index is 9.35. The minimum atomic E-state index is -0.492. The van der Waals surface area contributed by atoms with Gasteiger partial charge in [0.2, 0.25) is 0 Å². The standard InChI is InChI=1S/C17H36O5/c1-12(18)10-20-14(3)9-16(5,6)22-15(4)17(7,8)21-11-13(2)19/h12-15,18-19H,9-11H2,1-8H3. The molecule has 0 saturated carbocycles. The lowest BCUT2D eigenvalue weighted by Gasteiger charge is -2.39. The van der Waals surface area contributed by atoms with Crippen molar-refractivity contribution >= 4 is 0 Å². The number of hydrogen-bond donors (Lipinski definition) is 2. The molecule has 0 aliphatic carbocycles. The summed E-state index contributed by atoms with van der Waals surface area (Å²) in [4.78, 5) is 0. The van der Waals surface area contributed by atoms with Crippen molar-refractivity contribution in [3.8, 4) is 0 Å². The topological polar surface area (TPSA) is 68.2 Å². The molecule has 4 unspecified atom stereocenters. The van der Waals surface area contributed by atoms with Crippen molar-refractivity contribution in [3.05, 3.63) is 0 Å². The lowest BCUT2D eigenvalue weighted by molar-refractivity contribution is -0.182. The maximum atomic E-state index is 9.35. The summed E-state index contributed by atoms with van der Waals surface area (Å²) >= 11 is 0. The lowest BCUT2D eigenvalue weighted by Crippen LogP contribution is -2.45. The van der Waals surface area contributed by atoms with Crippen LogP contribution in [0.4, 0.5) is 0 Å². The summed E-state index contributed by atoms with van der Waals surface area (Å²) in [5.41, 5.74) is -0.860. The summed E-state index contributed by atoms with van der Waals surface area (Å²) in [7, 11) is 0. The number of aliphatic hydroxyl groups excluding tert-OH is 2. The van der Waals surface area contributed by atoms with Crippen LogP contribution in [0.15, 0.2) is 0 Å². The quantitative estimate of drug-likeness (QED) is 0.612. The van der Waals surface area contributed by atoms with Crippen LogP contribution in [0.5, 0.6) is 0 Å². The molecule has 5 heteroatoms. The van der Waals surface area contributed by atoms with Gasteiger partial charge in [-0.1, -0.05) is 0 Å². The van der Waals surface area contributed by atoms with Gasteiger partial charge in [0.1, 0.15) is 0 Å². The first-order valence-corrected chi connectivity index (χ1v) is 8.15. The summed E-state index contributed by atoms with van der Waals surface area (Å²) < 4.78 is 17.5. The monoisotopic (exact) mass is 320 g/mol. The van der Waals surface area contributed by atoms with Crippen molar-refractivity contribution in [1.82, 2.24) is 0 Å². The molecule has 0 heterocycles. The van der Waals surface area contributed by atoms with Crippen LogP contribution in [0.25, 0.3) is 0 Å². The van der Waals surface area contributed by atoms with E-state index in [4.69, 9.17) is 14.2 Å². The van der Waals surface area contributed by atoms with Gasteiger partial charge in [0.05, 0.1) is 48.8 Å². The van der Waals surface area contributed by atoms with Crippen LogP contribution >= 0.6 is 0 Å². The van der Waals surface area contributed by atoms with Crippen LogP contribution < -0.4 is 0 Å². The van der Waals surface area contributed by atoms with E-state index < -0.39 is 17.8 Å². The van der Waals surface area contributed by atoms with Crippen molar-refractivity contribution < 1.29 is 24.4 Å². The predicted octanol–water partition coefficient (Wildman–Crippen LogP) is 2.52. The van der Waals surface area contributed by atoms with Gasteiger partial charge in [-0.3, -0.25) is 0 Å². The van der Waals surface area contributed by atoms with Crippen LogP contribution in [0.3, 0.4) is 0 Å². The Balaban J connectivity index is 4.42. The third kappa shape index (κ3) is 9.74. The number of hydrogen-bond acceptors (Lipinski definition) is 5. The van der Waals surface area contributed by atoms with E-state index in [1.165, 1.54) is 0 Å². The molecule has 134 valence electrons. The predicted molar refractivity (Wildman–Crippen MR) is 88.0 cm³/mol. The van der Waals surface area contributed by atoms with Crippen molar-refractivity contribution in [3.63, 3.8) is 0 Å². The number of rotatable bonds is 11. The zero-order valence-corrected chi connectivity index (χ0v) is 15.5. The van der Waals surface area contributed by atoms with Gasteiger partial charge in [-0.25, -0.2) is 0 Å². The van der Waals surface area contributed by atoms with Crippen molar-refractivity contribution in [1.29, 1.82) is 0 Å². The third-order valence-electron chi connectivity index (χ3n) is 3.57. The third-order valence-corrected chi connectivity index (χ3v) is 3.57. The zero-order chi connectivity index (χ0) is 17.6. The lowest BCUT2D eigenvalue weighted by atomic mass is 9.97. The van der Waals surface area contributed by atoms with Crippen molar-refractivity contribution in [2.45, 2.75) is 97.4 Å². The van der Waals surface area contributed by atoms with Crippen LogP contribution in [-0.4, -0.2) is 59.0 Å². The second kappa shape index (κ2) is 9.18. The fourth-order valence-corrected chi connectivity index (χ4v) is 2.18. The Morgan fingerprint density at radius 2 is 1.36 bits per heavy atom. The van der Waals surface area contributed by atoms with Gasteiger partial charge < -0.3 is 24.4 Å². The Morgan fingerprint density at radius 1 is 0.864 bits per heavy atom. The summed E-state index contributed by atoms with van der Waals surface area (Å²) in [5, 5.41) is 18.6. The van der Waals surface area contributed by atoms with Gasteiger partial charge in [-0.2, -0.15) is 0 Å². The van der Waals surface area contributed by atoms with Crippen molar-refractivity contribution in [2.24, 2.45) is 0 Å². The molecule has 0 radical (unpaired) electrons. The van der Waals surface area contributed by atoms with E-state index in [1.54, 1.807) is 13.8 Å². The summed E-state index contributed by atoms with van der Waals surface area (Å²) in [5.74, 6) is 0. The molecule has 0 fully saturated rings. The van der Waals surface area contributed by atoms with E-state index in [0.29, 0.717) is 6.61 Å². The van der Waals surface area contributed by atoms with Crippen LogP contribution in [0.1, 0.15) is 61.8 Å². The Bertz CT molecular complexity index is 299. The highest BCUT2D eigenvalue weighted by molar-refractivity contribution is 4.82. The minimum absolute atomic E-state index is 0.00158. The highest BCUT2D eigenvalue weighted by Crippen LogP contribution is 2.27. The molecular weight excluding hydrogens is 284 g/mol. The average molecular weight is 320 g/mol. The smallest absolute Gasteiger partial charge is 0.0885 e. The van der Waals surface area contributed by atoms with E-state index in [1.807, 2.05) is 41.5 Å². The molecule has 0 aliphatic heterocycles. The van der Waals surface area contributed by atoms with Gasteiger partial charge in [-0.15, -0.1) is 0 Å². The molecule has 0 spiro atoms. The maximum Gasteiger partial charge on any atom is 0.0885 e. The first-order chi connectivity index (χ1) is 9.85. The molecule has 22 heavy (non-hydrogen) atoms. The molecule has 0 saturated heterocycles. The Hall–Kier alpha value is -0.200. The summed E-state index contributed by atoms with van der Waals surface area (Å²) in [6, 6.07) is 0. The molecule has 4 atom stereocenters. The highest BCUT2D eigenvalue weighted by atomic mass is 16.6. The van der Waals surface area contributed by atoms with Gasteiger partial charge in [0, 0.05) is 6.42 Å². The van der Waals surface area contributed by atoms with E-state index in [0.717, 1.165) is 6.42 Å².